The third kappa shape index (κ3) is 2.39. The molecule has 17 heavy (non-hydrogen) atoms. The van der Waals surface area contributed by atoms with E-state index in [2.05, 4.69) is 43.1 Å². The first-order valence-electron chi connectivity index (χ1n) is 6.28. The first-order valence-corrected chi connectivity index (χ1v) is 6.28. The van der Waals surface area contributed by atoms with Crippen molar-refractivity contribution in [3.63, 3.8) is 0 Å². The highest BCUT2D eigenvalue weighted by molar-refractivity contribution is 5.52. The van der Waals surface area contributed by atoms with E-state index in [1.54, 1.807) is 0 Å². The molecule has 0 aromatic heterocycles. The van der Waals surface area contributed by atoms with Gasteiger partial charge < -0.3 is 15.5 Å². The predicted octanol–water partition coefficient (Wildman–Crippen LogP) is 2.19. The van der Waals surface area contributed by atoms with Gasteiger partial charge in [0.25, 0.3) is 0 Å². The molecule has 1 aliphatic carbocycles. The lowest BCUT2D eigenvalue weighted by Gasteiger charge is -2.49. The quantitative estimate of drug-likeness (QED) is 0.809. The van der Waals surface area contributed by atoms with Crippen LogP contribution >= 0.6 is 0 Å². The average Bonchev–Trinajstić information content (AvgIpc) is 2.23. The molecule has 3 nitrogen and oxygen atoms in total. The van der Waals surface area contributed by atoms with E-state index < -0.39 is 0 Å². The maximum absolute atomic E-state index is 5.71. The Morgan fingerprint density at radius 2 is 1.71 bits per heavy atom. The molecule has 0 aliphatic heterocycles. The normalized spacial score (nSPS) is 17.9. The van der Waals surface area contributed by atoms with E-state index in [-0.39, 0.29) is 0 Å². The predicted molar refractivity (Wildman–Crippen MR) is 74.4 cm³/mol. The van der Waals surface area contributed by atoms with Crippen LogP contribution in [0, 0.1) is 0 Å². The lowest BCUT2D eigenvalue weighted by Crippen LogP contribution is -2.56. The first-order chi connectivity index (χ1) is 8.03. The Bertz CT molecular complexity index is 366. The van der Waals surface area contributed by atoms with Crippen LogP contribution in [-0.2, 0) is 0 Å². The molecule has 0 amide bonds. The average molecular weight is 233 g/mol. The van der Waals surface area contributed by atoms with Gasteiger partial charge in [0.05, 0.1) is 0 Å². The smallest absolute Gasteiger partial charge is 0.0378 e. The van der Waals surface area contributed by atoms with Gasteiger partial charge in [0.2, 0.25) is 0 Å². The van der Waals surface area contributed by atoms with Crippen molar-refractivity contribution in [2.75, 3.05) is 38.3 Å². The second-order valence-corrected chi connectivity index (χ2v) is 5.42. The summed E-state index contributed by atoms with van der Waals surface area (Å²) >= 11 is 0. The van der Waals surface area contributed by atoms with E-state index in [9.17, 15) is 0 Å². The summed E-state index contributed by atoms with van der Waals surface area (Å²) in [5.74, 6) is 0. The summed E-state index contributed by atoms with van der Waals surface area (Å²) in [6.45, 7) is 1.09. The van der Waals surface area contributed by atoms with Crippen molar-refractivity contribution in [1.82, 2.24) is 4.90 Å². The number of nitrogens with zero attached hydrogens (tertiary/aromatic N) is 2. The zero-order valence-corrected chi connectivity index (χ0v) is 11.1. The molecular formula is C14H23N3. The fourth-order valence-electron chi connectivity index (χ4n) is 2.59. The molecule has 0 atom stereocenters. The molecule has 0 unspecified atom stereocenters. The number of nitrogens with two attached hydrogens (primary N) is 1. The minimum Gasteiger partial charge on any atom is -0.399 e. The number of hydrogen-bond donors (Lipinski definition) is 1. The van der Waals surface area contributed by atoms with Crippen LogP contribution in [0.5, 0.6) is 0 Å². The molecule has 0 saturated heterocycles. The topological polar surface area (TPSA) is 32.5 Å². The molecule has 1 aliphatic rings. The van der Waals surface area contributed by atoms with Crippen LogP contribution in [0.3, 0.4) is 0 Å². The minimum atomic E-state index is 0.371. The highest BCUT2D eigenvalue weighted by Crippen LogP contribution is 2.37. The molecular weight excluding hydrogens is 210 g/mol. The zero-order valence-electron chi connectivity index (χ0n) is 11.1. The Kier molecular flexibility index (Phi) is 3.29. The maximum Gasteiger partial charge on any atom is 0.0378 e. The van der Waals surface area contributed by atoms with Crippen molar-refractivity contribution >= 4 is 11.4 Å². The van der Waals surface area contributed by atoms with Gasteiger partial charge in [0, 0.05) is 30.5 Å². The van der Waals surface area contributed by atoms with Gasteiger partial charge in [-0.3, -0.25) is 0 Å². The van der Waals surface area contributed by atoms with Crippen molar-refractivity contribution in [3.8, 4) is 0 Å². The second kappa shape index (κ2) is 4.57. The van der Waals surface area contributed by atoms with E-state index in [1.807, 2.05) is 12.1 Å². The van der Waals surface area contributed by atoms with E-state index >= 15 is 0 Å². The first kappa shape index (κ1) is 12.2. The Morgan fingerprint density at radius 1 is 1.12 bits per heavy atom. The van der Waals surface area contributed by atoms with Gasteiger partial charge in [-0.25, -0.2) is 0 Å². The van der Waals surface area contributed by atoms with Gasteiger partial charge in [0.15, 0.2) is 0 Å². The van der Waals surface area contributed by atoms with Crippen molar-refractivity contribution in [2.24, 2.45) is 0 Å². The molecule has 0 radical (unpaired) electrons. The summed E-state index contributed by atoms with van der Waals surface area (Å²) in [6, 6.07) is 8.12. The Labute approximate surface area is 104 Å². The van der Waals surface area contributed by atoms with E-state index in [0.717, 1.165) is 12.2 Å². The summed E-state index contributed by atoms with van der Waals surface area (Å²) in [4.78, 5) is 4.71. The molecule has 2 rings (SSSR count). The monoisotopic (exact) mass is 233 g/mol. The summed E-state index contributed by atoms with van der Waals surface area (Å²) < 4.78 is 0. The van der Waals surface area contributed by atoms with Gasteiger partial charge >= 0.3 is 0 Å². The highest BCUT2D eigenvalue weighted by Gasteiger charge is 2.39. The summed E-state index contributed by atoms with van der Waals surface area (Å²) in [6.07, 6.45) is 3.96. The molecule has 94 valence electrons. The number of rotatable bonds is 4. The van der Waals surface area contributed by atoms with Crippen LogP contribution in [-0.4, -0.2) is 38.1 Å². The van der Waals surface area contributed by atoms with E-state index in [1.165, 1.54) is 24.9 Å². The van der Waals surface area contributed by atoms with Gasteiger partial charge in [-0.2, -0.15) is 0 Å². The lowest BCUT2D eigenvalue weighted by molar-refractivity contribution is 0.0683. The highest BCUT2D eigenvalue weighted by atomic mass is 15.2. The molecule has 1 saturated carbocycles. The Morgan fingerprint density at radius 3 is 2.12 bits per heavy atom. The fourth-order valence-corrected chi connectivity index (χ4v) is 2.59. The summed E-state index contributed by atoms with van der Waals surface area (Å²) in [5.41, 5.74) is 8.15. The SMILES string of the molecule is CN(CC1(N(C)C)CCC1)c1ccc(N)cc1. The van der Waals surface area contributed by atoms with Crippen LogP contribution in [0.1, 0.15) is 19.3 Å². The number of likely N-dealkylation sites (N-methyl/N-ethyl adjacent to an activating group) is 2. The van der Waals surface area contributed by atoms with Crippen molar-refractivity contribution in [3.05, 3.63) is 24.3 Å². The van der Waals surface area contributed by atoms with Crippen LogP contribution < -0.4 is 10.6 Å². The van der Waals surface area contributed by atoms with Crippen molar-refractivity contribution in [2.45, 2.75) is 24.8 Å². The third-order valence-electron chi connectivity index (χ3n) is 4.10. The summed E-state index contributed by atoms with van der Waals surface area (Å²) in [7, 11) is 6.54. The van der Waals surface area contributed by atoms with Crippen LogP contribution in [0.25, 0.3) is 0 Å². The van der Waals surface area contributed by atoms with Gasteiger partial charge in [0.1, 0.15) is 0 Å². The van der Waals surface area contributed by atoms with Gasteiger partial charge in [-0.05, 0) is 57.6 Å². The number of nitrogen functional groups attached to an aromatic ring is 1. The number of hydrogen-bond acceptors (Lipinski definition) is 3. The standard InChI is InChI=1S/C14H23N3/c1-16(2)14(9-4-10-14)11-17(3)13-7-5-12(15)6-8-13/h5-8H,4,9-11,15H2,1-3H3. The van der Waals surface area contributed by atoms with Crippen LogP contribution in [0.2, 0.25) is 0 Å². The third-order valence-corrected chi connectivity index (χ3v) is 4.10. The Hall–Kier alpha value is -1.22. The van der Waals surface area contributed by atoms with E-state index in [4.69, 9.17) is 5.73 Å². The second-order valence-electron chi connectivity index (χ2n) is 5.42. The summed E-state index contributed by atoms with van der Waals surface area (Å²) in [5, 5.41) is 0. The molecule has 0 heterocycles. The van der Waals surface area contributed by atoms with Gasteiger partial charge in [-0.15, -0.1) is 0 Å². The lowest BCUT2D eigenvalue weighted by atomic mass is 9.75. The molecule has 0 spiro atoms. The molecule has 1 aromatic carbocycles. The zero-order chi connectivity index (χ0) is 12.5. The molecule has 2 N–H and O–H groups in total. The fraction of sp³-hybridized carbons (Fsp3) is 0.571. The number of benzene rings is 1. The van der Waals surface area contributed by atoms with Crippen LogP contribution in [0.4, 0.5) is 11.4 Å². The molecule has 1 fully saturated rings. The molecule has 0 bridgehead atoms. The largest absolute Gasteiger partial charge is 0.399 e. The van der Waals surface area contributed by atoms with Crippen LogP contribution in [0.15, 0.2) is 24.3 Å². The Balaban J connectivity index is 2.05. The molecule has 3 heteroatoms. The van der Waals surface area contributed by atoms with Crippen molar-refractivity contribution < 1.29 is 0 Å². The van der Waals surface area contributed by atoms with E-state index in [0.29, 0.717) is 5.54 Å². The molecule has 1 aromatic rings. The van der Waals surface area contributed by atoms with Crippen molar-refractivity contribution in [1.29, 1.82) is 0 Å². The maximum atomic E-state index is 5.71. The number of anilines is 2. The van der Waals surface area contributed by atoms with Gasteiger partial charge in [-0.1, -0.05) is 0 Å². The minimum absolute atomic E-state index is 0.371.